The van der Waals surface area contributed by atoms with Gasteiger partial charge >= 0.3 is 5.97 Å². The number of carboxylic acids is 1. The molecule has 0 heterocycles. The summed E-state index contributed by atoms with van der Waals surface area (Å²) in [7, 11) is 0. The van der Waals surface area contributed by atoms with Gasteiger partial charge in [0.15, 0.2) is 0 Å². The average molecular weight is 396 g/mol. The van der Waals surface area contributed by atoms with E-state index in [1.54, 1.807) is 25.1 Å². The van der Waals surface area contributed by atoms with E-state index in [2.05, 4.69) is 22.6 Å². The lowest BCUT2D eigenvalue weighted by atomic mass is 10.0. The van der Waals surface area contributed by atoms with Crippen LogP contribution in [0.3, 0.4) is 0 Å². The number of hydrogen-bond acceptors (Lipinski definition) is 2. The first-order valence-corrected chi connectivity index (χ1v) is 7.18. The minimum absolute atomic E-state index is 0.307. The highest BCUT2D eigenvalue weighted by Gasteiger charge is 2.37. The molecule has 0 bridgehead atoms. The Hall–Kier alpha value is -0.820. The number of halogens is 2. The van der Waals surface area contributed by atoms with Gasteiger partial charge in [0.25, 0.3) is 5.91 Å². The molecule has 0 radical (unpaired) electrons. The number of carbonyl (C=O) groups is 2. The summed E-state index contributed by atoms with van der Waals surface area (Å²) >= 11 is 8.05. The minimum Gasteiger partial charge on any atom is -0.480 e. The minimum atomic E-state index is -1.26. The number of likely N-dealkylation sites (N-methyl/N-ethyl adjacent to an activating group) is 1. The molecule has 0 aliphatic heterocycles. The van der Waals surface area contributed by atoms with Crippen LogP contribution in [0.1, 0.15) is 31.1 Å². The van der Waals surface area contributed by atoms with Crippen molar-refractivity contribution < 1.29 is 14.7 Å². The summed E-state index contributed by atoms with van der Waals surface area (Å²) in [4.78, 5) is 25.0. The van der Waals surface area contributed by atoms with Gasteiger partial charge in [-0.2, -0.15) is 0 Å². The predicted octanol–water partition coefficient (Wildman–Crippen LogP) is 3.27. The zero-order valence-corrected chi connectivity index (χ0v) is 13.8. The molecular formula is C13H15ClINO3. The Bertz CT molecular complexity index is 517. The maximum atomic E-state index is 12.4. The Morgan fingerprint density at radius 1 is 1.42 bits per heavy atom. The largest absolute Gasteiger partial charge is 0.480 e. The Balaban J connectivity index is 3.15. The molecule has 0 saturated carbocycles. The number of nitrogens with zero attached hydrogens (tertiary/aromatic N) is 1. The molecule has 0 aliphatic rings. The van der Waals surface area contributed by atoms with Crippen LogP contribution in [0, 0.1) is 3.57 Å². The second-order valence-electron chi connectivity index (χ2n) is 4.54. The molecule has 4 nitrogen and oxygen atoms in total. The first-order chi connectivity index (χ1) is 8.71. The molecule has 1 rings (SSSR count). The zero-order chi connectivity index (χ0) is 14.8. The molecule has 0 aromatic heterocycles. The standard InChI is InChI=1S/C13H15ClINO3/c1-4-16(13(2,3)12(18)19)11(17)8-5-6-10(15)9(14)7-8/h5-7H,4H2,1-3H3,(H,18,19). The van der Waals surface area contributed by atoms with Crippen LogP contribution in [0.25, 0.3) is 0 Å². The Kier molecular flexibility index (Phi) is 5.20. The molecule has 0 unspecified atom stereocenters. The molecule has 0 atom stereocenters. The molecule has 1 aromatic rings. The van der Waals surface area contributed by atoms with E-state index in [-0.39, 0.29) is 5.91 Å². The van der Waals surface area contributed by atoms with Crippen LogP contribution < -0.4 is 0 Å². The third-order valence-electron chi connectivity index (χ3n) is 2.93. The van der Waals surface area contributed by atoms with Crippen LogP contribution in [-0.4, -0.2) is 34.0 Å². The van der Waals surface area contributed by atoms with Crippen molar-refractivity contribution in [3.8, 4) is 0 Å². The highest BCUT2D eigenvalue weighted by Crippen LogP contribution is 2.23. The SMILES string of the molecule is CCN(C(=O)c1ccc(I)c(Cl)c1)C(C)(C)C(=O)O. The molecule has 6 heteroatoms. The van der Waals surface area contributed by atoms with Crippen molar-refractivity contribution in [3.05, 3.63) is 32.4 Å². The molecule has 19 heavy (non-hydrogen) atoms. The van der Waals surface area contributed by atoms with E-state index < -0.39 is 11.5 Å². The maximum Gasteiger partial charge on any atom is 0.329 e. The highest BCUT2D eigenvalue weighted by molar-refractivity contribution is 14.1. The monoisotopic (exact) mass is 395 g/mol. The Labute approximate surface area is 130 Å². The Morgan fingerprint density at radius 3 is 2.42 bits per heavy atom. The van der Waals surface area contributed by atoms with Crippen molar-refractivity contribution in [2.75, 3.05) is 6.54 Å². The molecule has 0 fully saturated rings. The van der Waals surface area contributed by atoms with Gasteiger partial charge in [-0.25, -0.2) is 4.79 Å². The van der Waals surface area contributed by atoms with Gasteiger partial charge < -0.3 is 10.0 Å². The third-order valence-corrected chi connectivity index (χ3v) is 4.50. The Morgan fingerprint density at radius 2 is 2.00 bits per heavy atom. The summed E-state index contributed by atoms with van der Waals surface area (Å²) in [5.41, 5.74) is -0.872. The molecule has 0 saturated heterocycles. The van der Waals surface area contributed by atoms with Crippen molar-refractivity contribution in [1.82, 2.24) is 4.90 Å². The summed E-state index contributed by atoms with van der Waals surface area (Å²) in [6.45, 7) is 5.06. The van der Waals surface area contributed by atoms with Crippen LogP contribution in [0.2, 0.25) is 5.02 Å². The lowest BCUT2D eigenvalue weighted by molar-refractivity contribution is -0.147. The quantitative estimate of drug-likeness (QED) is 0.796. The number of hydrogen-bond donors (Lipinski definition) is 1. The van der Waals surface area contributed by atoms with Crippen LogP contribution in [-0.2, 0) is 4.79 Å². The molecule has 0 aliphatic carbocycles. The van der Waals surface area contributed by atoms with Crippen molar-refractivity contribution >= 4 is 46.1 Å². The predicted molar refractivity (Wildman–Crippen MR) is 82.6 cm³/mol. The van der Waals surface area contributed by atoms with Crippen LogP contribution >= 0.6 is 34.2 Å². The number of aliphatic carboxylic acids is 1. The first kappa shape index (κ1) is 16.2. The maximum absolute atomic E-state index is 12.4. The van der Waals surface area contributed by atoms with Crippen LogP contribution in [0.15, 0.2) is 18.2 Å². The first-order valence-electron chi connectivity index (χ1n) is 5.72. The number of benzene rings is 1. The molecule has 104 valence electrons. The van der Waals surface area contributed by atoms with Crippen LogP contribution in [0.4, 0.5) is 0 Å². The van der Waals surface area contributed by atoms with E-state index in [0.717, 1.165) is 3.57 Å². The van der Waals surface area contributed by atoms with Gasteiger partial charge in [0.2, 0.25) is 0 Å². The van der Waals surface area contributed by atoms with Gasteiger partial charge in [0.05, 0.1) is 5.02 Å². The van der Waals surface area contributed by atoms with Gasteiger partial charge in [0, 0.05) is 15.7 Å². The number of carboxylic acid groups (broad SMARTS) is 1. The highest BCUT2D eigenvalue weighted by atomic mass is 127. The summed E-state index contributed by atoms with van der Waals surface area (Å²) in [6.07, 6.45) is 0. The molecular weight excluding hydrogens is 381 g/mol. The second kappa shape index (κ2) is 6.09. The van der Waals surface area contributed by atoms with Gasteiger partial charge in [-0.1, -0.05) is 11.6 Å². The van der Waals surface area contributed by atoms with E-state index in [0.29, 0.717) is 17.1 Å². The molecule has 1 N–H and O–H groups in total. The average Bonchev–Trinajstić information content (AvgIpc) is 2.32. The van der Waals surface area contributed by atoms with E-state index in [4.69, 9.17) is 11.6 Å². The summed E-state index contributed by atoms with van der Waals surface area (Å²) in [5, 5.41) is 9.70. The lowest BCUT2D eigenvalue weighted by Gasteiger charge is -2.34. The molecule has 1 aromatic carbocycles. The number of rotatable bonds is 4. The van der Waals surface area contributed by atoms with Crippen LogP contribution in [0.5, 0.6) is 0 Å². The number of carbonyl (C=O) groups excluding carboxylic acids is 1. The lowest BCUT2D eigenvalue weighted by Crippen LogP contribution is -2.52. The number of amides is 1. The molecule has 0 spiro atoms. The van der Waals surface area contributed by atoms with Gasteiger partial charge in [0.1, 0.15) is 5.54 Å². The topological polar surface area (TPSA) is 57.6 Å². The van der Waals surface area contributed by atoms with E-state index >= 15 is 0 Å². The fourth-order valence-electron chi connectivity index (χ4n) is 1.69. The zero-order valence-electron chi connectivity index (χ0n) is 10.9. The van der Waals surface area contributed by atoms with E-state index in [1.165, 1.54) is 18.7 Å². The van der Waals surface area contributed by atoms with Crippen molar-refractivity contribution in [2.45, 2.75) is 26.3 Å². The van der Waals surface area contributed by atoms with E-state index in [1.807, 2.05) is 0 Å². The van der Waals surface area contributed by atoms with Crippen molar-refractivity contribution in [2.24, 2.45) is 0 Å². The fourth-order valence-corrected chi connectivity index (χ4v) is 2.21. The van der Waals surface area contributed by atoms with Gasteiger partial charge in [-0.15, -0.1) is 0 Å². The molecule has 1 amide bonds. The van der Waals surface area contributed by atoms with E-state index in [9.17, 15) is 14.7 Å². The van der Waals surface area contributed by atoms with Crippen molar-refractivity contribution in [3.63, 3.8) is 0 Å². The van der Waals surface area contributed by atoms with Gasteiger partial charge in [-0.3, -0.25) is 4.79 Å². The summed E-state index contributed by atoms with van der Waals surface area (Å²) in [6, 6.07) is 4.95. The van der Waals surface area contributed by atoms with Gasteiger partial charge in [-0.05, 0) is 61.6 Å². The van der Waals surface area contributed by atoms with Crippen molar-refractivity contribution in [1.29, 1.82) is 0 Å². The summed E-state index contributed by atoms with van der Waals surface area (Å²) < 4.78 is 0.844. The third kappa shape index (κ3) is 3.39. The summed E-state index contributed by atoms with van der Waals surface area (Å²) in [5.74, 6) is -1.38. The smallest absolute Gasteiger partial charge is 0.329 e. The normalized spacial score (nSPS) is 11.2. The second-order valence-corrected chi connectivity index (χ2v) is 6.11. The fraction of sp³-hybridized carbons (Fsp3) is 0.385.